The van der Waals surface area contributed by atoms with Crippen molar-refractivity contribution in [2.24, 2.45) is 11.8 Å². The summed E-state index contributed by atoms with van der Waals surface area (Å²) in [6.45, 7) is 16.7. The molecule has 0 radical (unpaired) electrons. The Morgan fingerprint density at radius 2 is 2.10 bits per heavy atom. The lowest BCUT2D eigenvalue weighted by Crippen LogP contribution is -2.17. The van der Waals surface area contributed by atoms with Crippen LogP contribution in [0.4, 0.5) is 0 Å². The van der Waals surface area contributed by atoms with Gasteiger partial charge >= 0.3 is 0 Å². The van der Waals surface area contributed by atoms with Gasteiger partial charge in [0.05, 0.1) is 17.6 Å². The Kier molecular flexibility index (Phi) is 10.6. The summed E-state index contributed by atoms with van der Waals surface area (Å²) in [6.07, 6.45) is 10.7. The Morgan fingerprint density at radius 3 is 2.70 bits per heavy atom. The fourth-order valence-electron chi connectivity index (χ4n) is 3.61. The van der Waals surface area contributed by atoms with E-state index < -0.39 is 0 Å². The lowest BCUT2D eigenvalue weighted by molar-refractivity contribution is 0.122. The van der Waals surface area contributed by atoms with E-state index in [9.17, 15) is 5.11 Å². The van der Waals surface area contributed by atoms with E-state index in [1.807, 2.05) is 19.2 Å². The van der Waals surface area contributed by atoms with E-state index in [-0.39, 0.29) is 23.6 Å². The third-order valence-corrected chi connectivity index (χ3v) is 6.67. The van der Waals surface area contributed by atoms with Crippen molar-refractivity contribution in [3.8, 4) is 12.3 Å². The Hall–Kier alpha value is -1.87. The van der Waals surface area contributed by atoms with E-state index >= 15 is 0 Å². The van der Waals surface area contributed by atoms with Crippen molar-refractivity contribution < 1.29 is 15.3 Å². The summed E-state index contributed by atoms with van der Waals surface area (Å²) < 4.78 is 6.17. The molecule has 1 aromatic heterocycles. The van der Waals surface area contributed by atoms with Crippen molar-refractivity contribution in [2.75, 3.05) is 0 Å². The van der Waals surface area contributed by atoms with Crippen molar-refractivity contribution in [1.82, 2.24) is 4.98 Å². The molecule has 5 heteroatoms. The maximum Gasteiger partial charge on any atom is 0.167 e. The Morgan fingerprint density at radius 1 is 1.40 bits per heavy atom. The number of rotatable bonds is 11. The standard InChI is InChI=1S/C25H35NO2S.H2O/c1-8-25-26-22(15-29-25)21-12-13-24(20(21)7)28-19(6)11-9-10-17(4)18(5)14-23(27)16(2)3;/h1,15-17,23-24,27H,5-6,9-14H2,2-4,7H3;1H2. The van der Waals surface area contributed by atoms with Crippen LogP contribution in [0.5, 0.6) is 0 Å². The molecule has 0 saturated heterocycles. The molecule has 0 aromatic carbocycles. The van der Waals surface area contributed by atoms with E-state index in [1.165, 1.54) is 22.5 Å². The number of ether oxygens (including phenoxy) is 1. The van der Waals surface area contributed by atoms with Gasteiger partial charge < -0.3 is 15.3 Å². The van der Waals surface area contributed by atoms with Gasteiger partial charge in [0, 0.05) is 11.8 Å². The molecule has 1 heterocycles. The van der Waals surface area contributed by atoms with E-state index in [4.69, 9.17) is 11.2 Å². The van der Waals surface area contributed by atoms with Crippen LogP contribution in [0, 0.1) is 24.2 Å². The average Bonchev–Trinajstić information content (AvgIpc) is 3.28. The first-order valence-electron chi connectivity index (χ1n) is 10.5. The molecule has 0 aliphatic heterocycles. The smallest absolute Gasteiger partial charge is 0.167 e. The number of hydrogen-bond donors (Lipinski definition) is 1. The zero-order chi connectivity index (χ0) is 21.6. The van der Waals surface area contributed by atoms with Crippen LogP contribution in [0.2, 0.25) is 0 Å². The predicted octanol–water partition coefficient (Wildman–Crippen LogP) is 5.54. The van der Waals surface area contributed by atoms with Gasteiger partial charge in [-0.15, -0.1) is 17.8 Å². The number of terminal acetylenes is 1. The third kappa shape index (κ3) is 7.12. The Bertz CT molecular complexity index is 800. The molecule has 3 atom stereocenters. The molecule has 3 N–H and O–H groups in total. The highest BCUT2D eigenvalue weighted by Gasteiger charge is 2.26. The maximum absolute atomic E-state index is 10.0. The topological polar surface area (TPSA) is 73.8 Å². The van der Waals surface area contributed by atoms with Crippen LogP contribution in [0.25, 0.3) is 5.57 Å². The van der Waals surface area contributed by atoms with Gasteiger partial charge in [-0.25, -0.2) is 4.98 Å². The van der Waals surface area contributed by atoms with Gasteiger partial charge in [0.15, 0.2) is 5.01 Å². The molecular formula is C25H37NO3S. The van der Waals surface area contributed by atoms with Crippen molar-refractivity contribution in [2.45, 2.75) is 78.4 Å². The van der Waals surface area contributed by atoms with Crippen LogP contribution in [0.3, 0.4) is 0 Å². The number of aliphatic hydroxyl groups excluding tert-OH is 1. The molecule has 1 aliphatic carbocycles. The molecule has 0 spiro atoms. The SMILES string of the molecule is C#Cc1nc(C2=C(C)C(OC(=C)CCCC(C)C(=C)CC(O)C(C)C)CC2)cs1.O. The molecule has 1 aliphatic rings. The summed E-state index contributed by atoms with van der Waals surface area (Å²) in [5, 5.41) is 12.8. The van der Waals surface area contributed by atoms with Crippen LogP contribution < -0.4 is 0 Å². The monoisotopic (exact) mass is 431 g/mol. The van der Waals surface area contributed by atoms with Gasteiger partial charge in [-0.1, -0.05) is 39.5 Å². The second-order valence-electron chi connectivity index (χ2n) is 8.49. The van der Waals surface area contributed by atoms with Crippen molar-refractivity contribution in [3.63, 3.8) is 0 Å². The van der Waals surface area contributed by atoms with Crippen LogP contribution in [-0.2, 0) is 4.74 Å². The molecule has 1 aromatic rings. The quantitative estimate of drug-likeness (QED) is 0.284. The first-order valence-corrected chi connectivity index (χ1v) is 11.4. The molecule has 0 saturated carbocycles. The summed E-state index contributed by atoms with van der Waals surface area (Å²) in [5.74, 6) is 4.11. The second-order valence-corrected chi connectivity index (χ2v) is 9.35. The minimum atomic E-state index is -0.302. The minimum Gasteiger partial charge on any atom is -0.491 e. The Balaban J connectivity index is 0.00000450. The van der Waals surface area contributed by atoms with Gasteiger partial charge in [-0.3, -0.25) is 0 Å². The molecular weight excluding hydrogens is 394 g/mol. The average molecular weight is 432 g/mol. The van der Waals surface area contributed by atoms with Gasteiger partial charge in [0.2, 0.25) is 0 Å². The molecule has 0 amide bonds. The van der Waals surface area contributed by atoms with E-state index in [0.717, 1.165) is 54.1 Å². The molecule has 166 valence electrons. The zero-order valence-electron chi connectivity index (χ0n) is 18.8. The summed E-state index contributed by atoms with van der Waals surface area (Å²) >= 11 is 1.51. The normalized spacial score (nSPS) is 18.0. The van der Waals surface area contributed by atoms with Crippen molar-refractivity contribution >= 4 is 16.9 Å². The van der Waals surface area contributed by atoms with Gasteiger partial charge in [-0.2, -0.15) is 0 Å². The lowest BCUT2D eigenvalue weighted by Gasteiger charge is -2.21. The van der Waals surface area contributed by atoms with Crippen molar-refractivity contribution in [1.29, 1.82) is 0 Å². The second kappa shape index (κ2) is 12.1. The molecule has 0 bridgehead atoms. The third-order valence-electron chi connectivity index (χ3n) is 5.89. The lowest BCUT2D eigenvalue weighted by atomic mass is 9.89. The highest BCUT2D eigenvalue weighted by Crippen LogP contribution is 2.37. The van der Waals surface area contributed by atoms with Crippen LogP contribution in [0.15, 0.2) is 35.4 Å². The van der Waals surface area contributed by atoms with Crippen molar-refractivity contribution in [3.05, 3.63) is 46.1 Å². The fraction of sp³-hybridized carbons (Fsp3) is 0.560. The summed E-state index contributed by atoms with van der Waals surface area (Å²) in [7, 11) is 0. The molecule has 3 unspecified atom stereocenters. The predicted molar refractivity (Wildman–Crippen MR) is 127 cm³/mol. The number of hydrogen-bond acceptors (Lipinski definition) is 4. The highest BCUT2D eigenvalue weighted by atomic mass is 32.1. The highest BCUT2D eigenvalue weighted by molar-refractivity contribution is 7.10. The number of nitrogens with zero attached hydrogens (tertiary/aromatic N) is 1. The minimum absolute atomic E-state index is 0. The summed E-state index contributed by atoms with van der Waals surface area (Å²) in [4.78, 5) is 4.51. The summed E-state index contributed by atoms with van der Waals surface area (Å²) in [5.41, 5.74) is 4.62. The first kappa shape index (κ1) is 26.2. The summed E-state index contributed by atoms with van der Waals surface area (Å²) in [6, 6.07) is 0. The van der Waals surface area contributed by atoms with Gasteiger partial charge in [-0.05, 0) is 67.9 Å². The van der Waals surface area contributed by atoms with Crippen LogP contribution in [0.1, 0.15) is 76.9 Å². The van der Waals surface area contributed by atoms with Gasteiger partial charge in [0.25, 0.3) is 0 Å². The van der Waals surface area contributed by atoms with Gasteiger partial charge in [0.1, 0.15) is 6.10 Å². The van der Waals surface area contributed by atoms with Crippen LogP contribution >= 0.6 is 11.3 Å². The number of thiazole rings is 1. The van der Waals surface area contributed by atoms with E-state index in [1.54, 1.807) is 0 Å². The largest absolute Gasteiger partial charge is 0.491 e. The number of allylic oxidation sites excluding steroid dienone is 2. The molecule has 0 fully saturated rings. The van der Waals surface area contributed by atoms with Crippen LogP contribution in [-0.4, -0.2) is 27.8 Å². The number of aromatic nitrogens is 1. The fourth-order valence-corrected chi connectivity index (χ4v) is 4.25. The zero-order valence-corrected chi connectivity index (χ0v) is 19.6. The first-order chi connectivity index (χ1) is 13.7. The molecule has 2 rings (SSSR count). The number of aliphatic hydroxyl groups is 1. The van der Waals surface area contributed by atoms with E-state index in [2.05, 4.69) is 37.9 Å². The molecule has 4 nitrogen and oxygen atoms in total. The maximum atomic E-state index is 10.0. The van der Waals surface area contributed by atoms with E-state index in [0.29, 0.717) is 12.3 Å². The Labute approximate surface area is 186 Å². The molecule has 30 heavy (non-hydrogen) atoms.